The molecule has 120 valence electrons. The van der Waals surface area contributed by atoms with Crippen molar-refractivity contribution in [2.24, 2.45) is 5.41 Å². The van der Waals surface area contributed by atoms with E-state index < -0.39 is 17.4 Å². The quantitative estimate of drug-likeness (QED) is 0.930. The van der Waals surface area contributed by atoms with E-state index in [0.29, 0.717) is 19.6 Å². The highest BCUT2D eigenvalue weighted by atomic mass is 16.4. The Morgan fingerprint density at radius 3 is 2.45 bits per heavy atom. The van der Waals surface area contributed by atoms with Gasteiger partial charge in [0.1, 0.15) is 6.04 Å². The summed E-state index contributed by atoms with van der Waals surface area (Å²) in [6, 6.07) is 6.95. The summed E-state index contributed by atoms with van der Waals surface area (Å²) in [7, 11) is 0. The molecule has 5 nitrogen and oxygen atoms in total. The average molecular weight is 304 g/mol. The fourth-order valence-electron chi connectivity index (χ4n) is 2.95. The summed E-state index contributed by atoms with van der Waals surface area (Å²) >= 11 is 0. The number of hydrogen-bond donors (Lipinski definition) is 1. The number of carboxylic acid groups (broad SMARTS) is 1. The van der Waals surface area contributed by atoms with Crippen molar-refractivity contribution in [2.75, 3.05) is 13.1 Å². The molecule has 2 amide bonds. The number of carbonyl (C=O) groups is 2. The number of benzene rings is 1. The molecule has 0 unspecified atom stereocenters. The minimum Gasteiger partial charge on any atom is -0.480 e. The number of carboxylic acids is 1. The summed E-state index contributed by atoms with van der Waals surface area (Å²) in [5, 5.41) is 9.49. The number of amides is 2. The molecule has 0 aromatic heterocycles. The van der Waals surface area contributed by atoms with Gasteiger partial charge in [-0.3, -0.25) is 0 Å². The number of nitrogens with zero attached hydrogens (tertiary/aromatic N) is 2. The van der Waals surface area contributed by atoms with E-state index in [1.165, 1.54) is 4.90 Å². The summed E-state index contributed by atoms with van der Waals surface area (Å²) in [5.41, 5.74) is 1.74. The molecule has 0 spiro atoms. The third-order valence-electron chi connectivity index (χ3n) is 4.12. The maximum Gasteiger partial charge on any atom is 0.327 e. The Morgan fingerprint density at radius 1 is 1.27 bits per heavy atom. The van der Waals surface area contributed by atoms with Crippen LogP contribution in [0, 0.1) is 12.3 Å². The van der Waals surface area contributed by atoms with Gasteiger partial charge in [0.25, 0.3) is 0 Å². The molecule has 0 radical (unpaired) electrons. The average Bonchev–Trinajstić information content (AvgIpc) is 2.73. The van der Waals surface area contributed by atoms with Crippen LogP contribution in [0.4, 0.5) is 4.79 Å². The van der Waals surface area contributed by atoms with Crippen LogP contribution in [0.15, 0.2) is 24.3 Å². The van der Waals surface area contributed by atoms with Gasteiger partial charge >= 0.3 is 12.0 Å². The summed E-state index contributed by atoms with van der Waals surface area (Å²) in [4.78, 5) is 27.4. The molecule has 1 aromatic rings. The molecule has 2 rings (SSSR count). The summed E-state index contributed by atoms with van der Waals surface area (Å²) in [6.07, 6.45) is 0. The Bertz CT molecular complexity index is 578. The van der Waals surface area contributed by atoms with Crippen LogP contribution in [0.25, 0.3) is 0 Å². The van der Waals surface area contributed by atoms with Crippen molar-refractivity contribution >= 4 is 12.0 Å². The normalized spacial score (nSPS) is 17.0. The number of aryl methyl sites for hydroxylation is 1. The molecule has 22 heavy (non-hydrogen) atoms. The maximum atomic E-state index is 12.6. The molecule has 5 heteroatoms. The largest absolute Gasteiger partial charge is 0.480 e. The Balaban J connectivity index is 2.16. The van der Waals surface area contributed by atoms with E-state index >= 15 is 0 Å². The summed E-state index contributed by atoms with van der Waals surface area (Å²) < 4.78 is 0. The minimum absolute atomic E-state index is 0.189. The third kappa shape index (κ3) is 3.24. The highest BCUT2D eigenvalue weighted by Crippen LogP contribution is 2.28. The van der Waals surface area contributed by atoms with Gasteiger partial charge < -0.3 is 14.9 Å². The molecule has 0 saturated carbocycles. The van der Waals surface area contributed by atoms with Crippen LogP contribution < -0.4 is 0 Å². The SMILES string of the molecule is Cc1ccccc1CN1CCN([C@H](C(=O)O)C(C)(C)C)C1=O. The number of carbonyl (C=O) groups excluding carboxylic acids is 1. The lowest BCUT2D eigenvalue weighted by atomic mass is 9.86. The summed E-state index contributed by atoms with van der Waals surface area (Å²) in [5.74, 6) is -0.946. The van der Waals surface area contributed by atoms with E-state index in [1.54, 1.807) is 4.90 Å². The Morgan fingerprint density at radius 2 is 1.91 bits per heavy atom. The van der Waals surface area contributed by atoms with Gasteiger partial charge in [-0.05, 0) is 23.5 Å². The number of aliphatic carboxylic acids is 1. The zero-order chi connectivity index (χ0) is 16.5. The molecular formula is C17H24N2O3. The van der Waals surface area contributed by atoms with Crippen molar-refractivity contribution in [2.45, 2.75) is 40.3 Å². The van der Waals surface area contributed by atoms with Gasteiger partial charge in [0.05, 0.1) is 0 Å². The molecule has 0 aliphatic carbocycles. The van der Waals surface area contributed by atoms with Crippen LogP contribution in [-0.4, -0.2) is 46.0 Å². The van der Waals surface area contributed by atoms with E-state index in [-0.39, 0.29) is 6.03 Å². The first-order chi connectivity index (χ1) is 10.2. The fourth-order valence-corrected chi connectivity index (χ4v) is 2.95. The molecule has 1 N–H and O–H groups in total. The second kappa shape index (κ2) is 5.99. The number of urea groups is 1. The Labute approximate surface area is 131 Å². The van der Waals surface area contributed by atoms with Gasteiger partial charge in [-0.1, -0.05) is 45.0 Å². The maximum absolute atomic E-state index is 12.6. The van der Waals surface area contributed by atoms with Gasteiger partial charge in [0, 0.05) is 19.6 Å². The van der Waals surface area contributed by atoms with Gasteiger partial charge in [-0.2, -0.15) is 0 Å². The smallest absolute Gasteiger partial charge is 0.327 e. The van der Waals surface area contributed by atoms with Crippen molar-refractivity contribution in [3.63, 3.8) is 0 Å². The van der Waals surface area contributed by atoms with Crippen LogP contribution >= 0.6 is 0 Å². The van der Waals surface area contributed by atoms with Crippen LogP contribution in [0.5, 0.6) is 0 Å². The first-order valence-electron chi connectivity index (χ1n) is 7.54. The van der Waals surface area contributed by atoms with Gasteiger partial charge in [0.15, 0.2) is 0 Å². The second-order valence-electron chi connectivity index (χ2n) is 6.93. The lowest BCUT2D eigenvalue weighted by molar-refractivity contribution is -0.145. The first-order valence-corrected chi connectivity index (χ1v) is 7.54. The van der Waals surface area contributed by atoms with E-state index in [0.717, 1.165) is 11.1 Å². The van der Waals surface area contributed by atoms with Crippen molar-refractivity contribution in [1.82, 2.24) is 9.80 Å². The monoisotopic (exact) mass is 304 g/mol. The molecule has 1 aromatic carbocycles. The van der Waals surface area contributed by atoms with Crippen molar-refractivity contribution in [3.05, 3.63) is 35.4 Å². The first kappa shape index (κ1) is 16.3. The third-order valence-corrected chi connectivity index (χ3v) is 4.12. The molecule has 1 heterocycles. The standard InChI is InChI=1S/C17H24N2O3/c1-12-7-5-6-8-13(12)11-18-9-10-19(16(18)22)14(15(20)21)17(2,3)4/h5-8,14H,9-11H2,1-4H3,(H,20,21)/t14-/m1/s1. The van der Waals surface area contributed by atoms with Crippen LogP contribution in [0.1, 0.15) is 31.9 Å². The zero-order valence-corrected chi connectivity index (χ0v) is 13.7. The Hall–Kier alpha value is -2.04. The topological polar surface area (TPSA) is 60.9 Å². The molecule has 0 bridgehead atoms. The lowest BCUT2D eigenvalue weighted by Crippen LogP contribution is -2.50. The van der Waals surface area contributed by atoms with Gasteiger partial charge in [-0.15, -0.1) is 0 Å². The van der Waals surface area contributed by atoms with E-state index in [2.05, 4.69) is 0 Å². The van der Waals surface area contributed by atoms with E-state index in [1.807, 2.05) is 52.0 Å². The highest BCUT2D eigenvalue weighted by Gasteiger charge is 2.43. The summed E-state index contributed by atoms with van der Waals surface area (Å²) in [6.45, 7) is 9.11. The number of hydrogen-bond acceptors (Lipinski definition) is 2. The molecule has 1 saturated heterocycles. The van der Waals surface area contributed by atoms with Crippen LogP contribution in [0.3, 0.4) is 0 Å². The van der Waals surface area contributed by atoms with Crippen molar-refractivity contribution < 1.29 is 14.7 Å². The van der Waals surface area contributed by atoms with Gasteiger partial charge in [-0.25, -0.2) is 9.59 Å². The molecule has 1 atom stereocenters. The molecular weight excluding hydrogens is 280 g/mol. The van der Waals surface area contributed by atoms with E-state index in [4.69, 9.17) is 0 Å². The highest BCUT2D eigenvalue weighted by molar-refractivity contribution is 5.84. The van der Waals surface area contributed by atoms with E-state index in [9.17, 15) is 14.7 Å². The second-order valence-corrected chi connectivity index (χ2v) is 6.93. The van der Waals surface area contributed by atoms with Crippen LogP contribution in [-0.2, 0) is 11.3 Å². The predicted octanol–water partition coefficient (Wildman–Crippen LogP) is 2.73. The molecule has 1 aliphatic heterocycles. The predicted molar refractivity (Wildman–Crippen MR) is 84.6 cm³/mol. The van der Waals surface area contributed by atoms with Crippen molar-refractivity contribution in [3.8, 4) is 0 Å². The fraction of sp³-hybridized carbons (Fsp3) is 0.529. The van der Waals surface area contributed by atoms with Crippen molar-refractivity contribution in [1.29, 1.82) is 0 Å². The Kier molecular flexibility index (Phi) is 4.44. The lowest BCUT2D eigenvalue weighted by Gasteiger charge is -2.34. The number of rotatable bonds is 4. The zero-order valence-electron chi connectivity index (χ0n) is 13.7. The molecule has 1 fully saturated rings. The minimum atomic E-state index is -0.946. The van der Waals surface area contributed by atoms with Gasteiger partial charge in [0.2, 0.25) is 0 Å². The molecule has 1 aliphatic rings. The van der Waals surface area contributed by atoms with Crippen LogP contribution in [0.2, 0.25) is 0 Å².